The molecule has 0 atom stereocenters. The van der Waals surface area contributed by atoms with Crippen LogP contribution in [0.2, 0.25) is 0 Å². The van der Waals surface area contributed by atoms with E-state index in [1.807, 2.05) is 36.4 Å². The van der Waals surface area contributed by atoms with Crippen LogP contribution in [0.1, 0.15) is 5.89 Å². The molecule has 0 aliphatic carbocycles. The maximum Gasteiger partial charge on any atom is 0.251 e. The van der Waals surface area contributed by atoms with E-state index in [0.717, 1.165) is 43.2 Å². The van der Waals surface area contributed by atoms with Crippen LogP contribution < -0.4 is 15.0 Å². The molecule has 0 amide bonds. The van der Waals surface area contributed by atoms with Crippen LogP contribution in [0.5, 0.6) is 5.75 Å². The Bertz CT molecular complexity index is 890. The maximum absolute atomic E-state index is 5.82. The second-order valence-corrected chi connectivity index (χ2v) is 6.17. The predicted molar refractivity (Wildman–Crippen MR) is 103 cm³/mol. The SMILES string of the molecule is COc1ccccc1-c1nnc(CNc2ccccc2N2CCOCC2)o1. The van der Waals surface area contributed by atoms with Gasteiger partial charge in [0.2, 0.25) is 5.89 Å². The minimum atomic E-state index is 0.448. The van der Waals surface area contributed by atoms with Gasteiger partial charge in [0.1, 0.15) is 5.75 Å². The van der Waals surface area contributed by atoms with Gasteiger partial charge in [-0.1, -0.05) is 24.3 Å². The first-order chi connectivity index (χ1) is 13.3. The highest BCUT2D eigenvalue weighted by atomic mass is 16.5. The number of nitrogens with one attached hydrogen (secondary N) is 1. The molecular formula is C20H22N4O3. The van der Waals surface area contributed by atoms with Crippen LogP contribution in [0.25, 0.3) is 11.5 Å². The lowest BCUT2D eigenvalue weighted by molar-refractivity contribution is 0.123. The third-order valence-electron chi connectivity index (χ3n) is 4.49. The Balaban J connectivity index is 1.48. The quantitative estimate of drug-likeness (QED) is 0.718. The number of hydrogen-bond acceptors (Lipinski definition) is 7. The Morgan fingerprint density at radius 1 is 1.04 bits per heavy atom. The molecule has 0 saturated carbocycles. The molecular weight excluding hydrogens is 344 g/mol. The van der Waals surface area contributed by atoms with Gasteiger partial charge in [0, 0.05) is 13.1 Å². The number of morpholine rings is 1. The van der Waals surface area contributed by atoms with Crippen LogP contribution in [0.3, 0.4) is 0 Å². The summed E-state index contributed by atoms with van der Waals surface area (Å²) in [5, 5.41) is 11.7. The van der Waals surface area contributed by atoms with Crippen molar-refractivity contribution in [2.24, 2.45) is 0 Å². The molecule has 0 bridgehead atoms. The Labute approximate surface area is 157 Å². The number of nitrogens with zero attached hydrogens (tertiary/aromatic N) is 3. The summed E-state index contributed by atoms with van der Waals surface area (Å²) in [6, 6.07) is 15.8. The predicted octanol–water partition coefficient (Wildman–Crippen LogP) is 3.19. The summed E-state index contributed by atoms with van der Waals surface area (Å²) < 4.78 is 16.6. The lowest BCUT2D eigenvalue weighted by Crippen LogP contribution is -2.36. The zero-order valence-corrected chi connectivity index (χ0v) is 15.2. The van der Waals surface area contributed by atoms with Crippen LogP contribution >= 0.6 is 0 Å². The minimum absolute atomic E-state index is 0.448. The highest BCUT2D eigenvalue weighted by Gasteiger charge is 2.16. The summed E-state index contributed by atoms with van der Waals surface area (Å²) >= 11 is 0. The fourth-order valence-electron chi connectivity index (χ4n) is 3.13. The Hall–Kier alpha value is -3.06. The molecule has 2 aromatic carbocycles. The first kappa shape index (κ1) is 17.4. The molecule has 0 spiro atoms. The smallest absolute Gasteiger partial charge is 0.251 e. The van der Waals surface area contributed by atoms with Gasteiger partial charge in [-0.2, -0.15) is 0 Å². The van der Waals surface area contributed by atoms with Gasteiger partial charge in [0.05, 0.1) is 43.8 Å². The Kier molecular flexibility index (Phi) is 5.20. The molecule has 140 valence electrons. The van der Waals surface area contributed by atoms with Gasteiger partial charge in [0.25, 0.3) is 5.89 Å². The van der Waals surface area contributed by atoms with Crippen LogP contribution in [0.15, 0.2) is 52.9 Å². The molecule has 4 rings (SSSR count). The number of para-hydroxylation sites is 3. The van der Waals surface area contributed by atoms with Crippen LogP contribution in [0.4, 0.5) is 11.4 Å². The van der Waals surface area contributed by atoms with Crippen LogP contribution in [0, 0.1) is 0 Å². The Morgan fingerprint density at radius 2 is 1.81 bits per heavy atom. The van der Waals surface area contributed by atoms with Crippen molar-refractivity contribution in [2.45, 2.75) is 6.54 Å². The highest BCUT2D eigenvalue weighted by Crippen LogP contribution is 2.29. The summed E-state index contributed by atoms with van der Waals surface area (Å²) in [7, 11) is 1.63. The molecule has 0 unspecified atom stereocenters. The van der Waals surface area contributed by atoms with Gasteiger partial charge in [-0.15, -0.1) is 10.2 Å². The van der Waals surface area contributed by atoms with Crippen molar-refractivity contribution in [1.82, 2.24) is 10.2 Å². The second kappa shape index (κ2) is 8.09. The fourth-order valence-corrected chi connectivity index (χ4v) is 3.13. The van der Waals surface area contributed by atoms with Crippen molar-refractivity contribution in [3.05, 3.63) is 54.4 Å². The van der Waals surface area contributed by atoms with Crippen molar-refractivity contribution in [1.29, 1.82) is 0 Å². The number of methoxy groups -OCH3 is 1. The van der Waals surface area contributed by atoms with Crippen molar-refractivity contribution < 1.29 is 13.9 Å². The largest absolute Gasteiger partial charge is 0.496 e. The molecule has 2 heterocycles. The summed E-state index contributed by atoms with van der Waals surface area (Å²) in [4.78, 5) is 2.32. The van der Waals surface area contributed by atoms with Gasteiger partial charge in [-0.05, 0) is 24.3 Å². The third kappa shape index (κ3) is 3.88. The van der Waals surface area contributed by atoms with E-state index in [1.54, 1.807) is 7.11 Å². The van der Waals surface area contributed by atoms with Gasteiger partial charge in [-0.3, -0.25) is 0 Å². The molecule has 1 N–H and O–H groups in total. The average Bonchev–Trinajstić information content (AvgIpc) is 3.22. The normalized spacial score (nSPS) is 14.2. The summed E-state index contributed by atoms with van der Waals surface area (Å²) in [5.74, 6) is 1.68. The molecule has 1 fully saturated rings. The van der Waals surface area contributed by atoms with E-state index in [4.69, 9.17) is 13.9 Å². The lowest BCUT2D eigenvalue weighted by atomic mass is 10.2. The molecule has 0 radical (unpaired) electrons. The number of aromatic nitrogens is 2. The molecule has 3 aromatic rings. The molecule has 7 heteroatoms. The topological polar surface area (TPSA) is 72.7 Å². The number of ether oxygens (including phenoxy) is 2. The van der Waals surface area contributed by atoms with Gasteiger partial charge < -0.3 is 24.1 Å². The summed E-state index contributed by atoms with van der Waals surface area (Å²) in [6.07, 6.45) is 0. The van der Waals surface area contributed by atoms with E-state index in [2.05, 4.69) is 32.5 Å². The number of hydrogen-bond donors (Lipinski definition) is 1. The van der Waals surface area contributed by atoms with Gasteiger partial charge in [0.15, 0.2) is 0 Å². The van der Waals surface area contributed by atoms with E-state index in [0.29, 0.717) is 24.1 Å². The first-order valence-corrected chi connectivity index (χ1v) is 8.96. The highest BCUT2D eigenvalue weighted by molar-refractivity contribution is 5.70. The van der Waals surface area contributed by atoms with E-state index >= 15 is 0 Å². The summed E-state index contributed by atoms with van der Waals surface area (Å²) in [6.45, 7) is 3.72. The standard InChI is InChI=1S/C20H22N4O3/c1-25-18-9-5-2-6-15(18)20-23-22-19(27-20)14-21-16-7-3-4-8-17(16)24-10-12-26-13-11-24/h2-9,21H,10-14H2,1H3. The van der Waals surface area contributed by atoms with E-state index in [-0.39, 0.29) is 0 Å². The molecule has 27 heavy (non-hydrogen) atoms. The molecule has 1 saturated heterocycles. The van der Waals surface area contributed by atoms with Gasteiger partial charge >= 0.3 is 0 Å². The lowest BCUT2D eigenvalue weighted by Gasteiger charge is -2.30. The number of anilines is 2. The van der Waals surface area contributed by atoms with Crippen molar-refractivity contribution in [3.63, 3.8) is 0 Å². The molecule has 1 aliphatic heterocycles. The zero-order valence-electron chi connectivity index (χ0n) is 15.2. The fraction of sp³-hybridized carbons (Fsp3) is 0.300. The van der Waals surface area contributed by atoms with E-state index < -0.39 is 0 Å². The zero-order chi connectivity index (χ0) is 18.5. The maximum atomic E-state index is 5.82. The van der Waals surface area contributed by atoms with Crippen molar-refractivity contribution in [2.75, 3.05) is 43.6 Å². The average molecular weight is 366 g/mol. The minimum Gasteiger partial charge on any atom is -0.496 e. The van der Waals surface area contributed by atoms with Crippen LogP contribution in [-0.2, 0) is 11.3 Å². The van der Waals surface area contributed by atoms with Crippen LogP contribution in [-0.4, -0.2) is 43.6 Å². The molecule has 7 nitrogen and oxygen atoms in total. The number of benzene rings is 2. The van der Waals surface area contributed by atoms with Gasteiger partial charge in [-0.25, -0.2) is 0 Å². The first-order valence-electron chi connectivity index (χ1n) is 8.96. The second-order valence-electron chi connectivity index (χ2n) is 6.17. The number of rotatable bonds is 6. The Morgan fingerprint density at radius 3 is 2.67 bits per heavy atom. The van der Waals surface area contributed by atoms with Crippen molar-refractivity contribution in [3.8, 4) is 17.2 Å². The third-order valence-corrected chi connectivity index (χ3v) is 4.49. The summed E-state index contributed by atoms with van der Waals surface area (Å²) in [5.41, 5.74) is 2.98. The monoisotopic (exact) mass is 366 g/mol. The van der Waals surface area contributed by atoms with Crippen molar-refractivity contribution >= 4 is 11.4 Å². The molecule has 1 aliphatic rings. The van der Waals surface area contributed by atoms with E-state index in [1.165, 1.54) is 0 Å². The van der Waals surface area contributed by atoms with E-state index in [9.17, 15) is 0 Å². The molecule has 1 aromatic heterocycles.